The highest BCUT2D eigenvalue weighted by Gasteiger charge is 2.25. The molecule has 0 aliphatic rings. The lowest BCUT2D eigenvalue weighted by Crippen LogP contribution is -2.26. The van der Waals surface area contributed by atoms with Crippen molar-refractivity contribution < 1.29 is 19.1 Å². The van der Waals surface area contributed by atoms with Crippen LogP contribution in [-0.4, -0.2) is 62.7 Å². The lowest BCUT2D eigenvalue weighted by molar-refractivity contribution is 0.0819. The van der Waals surface area contributed by atoms with Crippen molar-refractivity contribution in [2.24, 2.45) is 0 Å². The fraction of sp³-hybridized carbons (Fsp3) is 0.346. The molecule has 0 fully saturated rings. The number of carbonyl (C=O) groups excluding carboxylic acids is 3. The van der Waals surface area contributed by atoms with E-state index in [2.05, 4.69) is 0 Å². The molecule has 0 saturated carbocycles. The highest BCUT2D eigenvalue weighted by atomic mass is 16.5. The fourth-order valence-electron chi connectivity index (χ4n) is 3.24. The molecule has 2 aromatic carbocycles. The summed E-state index contributed by atoms with van der Waals surface area (Å²) in [4.78, 5) is 40.5. The van der Waals surface area contributed by atoms with Gasteiger partial charge in [0.15, 0.2) is 5.78 Å². The number of hydrogen-bond acceptors (Lipinski definition) is 4. The largest absolute Gasteiger partial charge is 0.496 e. The van der Waals surface area contributed by atoms with Gasteiger partial charge < -0.3 is 14.5 Å². The van der Waals surface area contributed by atoms with Crippen LogP contribution < -0.4 is 4.74 Å². The van der Waals surface area contributed by atoms with Crippen LogP contribution in [0.5, 0.6) is 5.75 Å². The van der Waals surface area contributed by atoms with Gasteiger partial charge in [0.05, 0.1) is 7.11 Å². The number of amides is 2. The molecule has 0 bridgehead atoms. The summed E-state index contributed by atoms with van der Waals surface area (Å²) < 4.78 is 5.51. The molecule has 6 heteroatoms. The first-order chi connectivity index (χ1) is 14.9. The molecule has 0 radical (unpaired) electrons. The second kappa shape index (κ2) is 9.81. The third-order valence-corrected chi connectivity index (χ3v) is 5.05. The molecule has 0 saturated heterocycles. The number of rotatable bonds is 6. The molecule has 2 amide bonds. The number of allylic oxidation sites excluding steroid dienone is 1. The van der Waals surface area contributed by atoms with Gasteiger partial charge in [0.25, 0.3) is 11.8 Å². The summed E-state index contributed by atoms with van der Waals surface area (Å²) in [5.41, 5.74) is 2.87. The van der Waals surface area contributed by atoms with E-state index in [0.29, 0.717) is 28.0 Å². The minimum Gasteiger partial charge on any atom is -0.496 e. The van der Waals surface area contributed by atoms with E-state index in [9.17, 15) is 14.4 Å². The monoisotopic (exact) mass is 436 g/mol. The number of benzene rings is 2. The van der Waals surface area contributed by atoms with Crippen molar-refractivity contribution in [3.8, 4) is 5.75 Å². The van der Waals surface area contributed by atoms with Crippen LogP contribution in [0.25, 0.3) is 6.08 Å². The van der Waals surface area contributed by atoms with E-state index in [1.807, 2.05) is 26.8 Å². The molecule has 32 heavy (non-hydrogen) atoms. The third-order valence-electron chi connectivity index (χ3n) is 5.05. The Morgan fingerprint density at radius 3 is 1.84 bits per heavy atom. The predicted octanol–water partition coefficient (Wildman–Crippen LogP) is 4.29. The molecule has 0 aliphatic carbocycles. The number of ether oxygens (including phenoxy) is 1. The van der Waals surface area contributed by atoms with Gasteiger partial charge in [-0.1, -0.05) is 32.9 Å². The molecule has 0 atom stereocenters. The van der Waals surface area contributed by atoms with Crippen molar-refractivity contribution in [1.82, 2.24) is 9.80 Å². The zero-order valence-electron chi connectivity index (χ0n) is 20.1. The average Bonchev–Trinajstić information content (AvgIpc) is 2.75. The molecule has 6 nitrogen and oxygen atoms in total. The zero-order chi connectivity index (χ0) is 24.2. The maximum atomic E-state index is 12.7. The van der Waals surface area contributed by atoms with E-state index >= 15 is 0 Å². The van der Waals surface area contributed by atoms with E-state index < -0.39 is 0 Å². The number of carbonyl (C=O) groups is 3. The van der Waals surface area contributed by atoms with Gasteiger partial charge in [-0.3, -0.25) is 14.4 Å². The van der Waals surface area contributed by atoms with Gasteiger partial charge in [-0.2, -0.15) is 0 Å². The molecule has 170 valence electrons. The van der Waals surface area contributed by atoms with E-state index in [4.69, 9.17) is 4.74 Å². The van der Waals surface area contributed by atoms with Crippen LogP contribution in [-0.2, 0) is 5.41 Å². The van der Waals surface area contributed by atoms with Crippen LogP contribution in [0.2, 0.25) is 0 Å². The SMILES string of the molecule is COc1cc(C(=O)N(C)C)c(C(C)(C)C)cc1/C=C/C(=O)c1ccc(C(=O)N(C)C)cc1. The minimum atomic E-state index is -0.283. The van der Waals surface area contributed by atoms with E-state index in [1.54, 1.807) is 64.6 Å². The number of methoxy groups -OCH3 is 1. The number of ketones is 1. The highest BCUT2D eigenvalue weighted by Crippen LogP contribution is 2.33. The smallest absolute Gasteiger partial charge is 0.253 e. The maximum Gasteiger partial charge on any atom is 0.253 e. The molecule has 2 aromatic rings. The van der Waals surface area contributed by atoms with Gasteiger partial charge in [-0.05, 0) is 47.4 Å². The Balaban J connectivity index is 2.42. The number of nitrogens with zero attached hydrogens (tertiary/aromatic N) is 2. The first kappa shape index (κ1) is 24.9. The van der Waals surface area contributed by atoms with Crippen LogP contribution >= 0.6 is 0 Å². The van der Waals surface area contributed by atoms with Gasteiger partial charge in [0.1, 0.15) is 5.75 Å². The molecule has 0 heterocycles. The standard InChI is InChI=1S/C26H32N2O4/c1-26(2,3)21-15-19(23(32-8)16-20(21)25(31)28(6)7)13-14-22(29)17-9-11-18(12-10-17)24(30)27(4)5/h9-16H,1-8H3/b14-13+. The van der Waals surface area contributed by atoms with Crippen molar-refractivity contribution in [2.75, 3.05) is 35.3 Å². The predicted molar refractivity (Wildman–Crippen MR) is 128 cm³/mol. The summed E-state index contributed by atoms with van der Waals surface area (Å²) in [6, 6.07) is 10.2. The average molecular weight is 437 g/mol. The fourth-order valence-corrected chi connectivity index (χ4v) is 3.24. The van der Waals surface area contributed by atoms with Gasteiger partial charge in [0, 0.05) is 50.4 Å². The maximum absolute atomic E-state index is 12.7. The third kappa shape index (κ3) is 5.63. The Hall–Kier alpha value is -3.41. The van der Waals surface area contributed by atoms with Crippen LogP contribution in [0.15, 0.2) is 42.5 Å². The summed E-state index contributed by atoms with van der Waals surface area (Å²) in [7, 11) is 8.33. The van der Waals surface area contributed by atoms with Crippen molar-refractivity contribution in [1.29, 1.82) is 0 Å². The number of hydrogen-bond donors (Lipinski definition) is 0. The van der Waals surface area contributed by atoms with Crippen LogP contribution in [0.3, 0.4) is 0 Å². The molecular formula is C26H32N2O4. The van der Waals surface area contributed by atoms with Gasteiger partial charge in [0.2, 0.25) is 0 Å². The van der Waals surface area contributed by atoms with Crippen molar-refractivity contribution in [3.05, 3.63) is 70.3 Å². The molecule has 2 rings (SSSR count). The minimum absolute atomic E-state index is 0.104. The second-order valence-corrected chi connectivity index (χ2v) is 9.06. The molecule has 0 aromatic heterocycles. The Bertz CT molecular complexity index is 1040. The van der Waals surface area contributed by atoms with E-state index in [1.165, 1.54) is 23.0 Å². The Morgan fingerprint density at radius 1 is 0.844 bits per heavy atom. The highest BCUT2D eigenvalue weighted by molar-refractivity contribution is 6.07. The van der Waals surface area contributed by atoms with Gasteiger partial charge >= 0.3 is 0 Å². The summed E-state index contributed by atoms with van der Waals surface area (Å²) >= 11 is 0. The molecule has 0 unspecified atom stereocenters. The second-order valence-electron chi connectivity index (χ2n) is 9.06. The van der Waals surface area contributed by atoms with E-state index in [-0.39, 0.29) is 23.0 Å². The van der Waals surface area contributed by atoms with Gasteiger partial charge in [-0.15, -0.1) is 0 Å². The molecule has 0 N–H and O–H groups in total. The molecular weight excluding hydrogens is 404 g/mol. The summed E-state index contributed by atoms with van der Waals surface area (Å²) in [6.07, 6.45) is 3.17. The van der Waals surface area contributed by atoms with Crippen molar-refractivity contribution in [2.45, 2.75) is 26.2 Å². The Morgan fingerprint density at radius 2 is 1.38 bits per heavy atom. The summed E-state index contributed by atoms with van der Waals surface area (Å²) in [6.45, 7) is 6.11. The quantitative estimate of drug-likeness (QED) is 0.500. The van der Waals surface area contributed by atoms with Crippen molar-refractivity contribution >= 4 is 23.7 Å². The topological polar surface area (TPSA) is 66.9 Å². The first-order valence-corrected chi connectivity index (χ1v) is 10.3. The van der Waals surface area contributed by atoms with Crippen LogP contribution in [0.1, 0.15) is 63.0 Å². The Kier molecular flexibility index (Phi) is 7.62. The molecule has 0 aliphatic heterocycles. The van der Waals surface area contributed by atoms with Crippen LogP contribution in [0, 0.1) is 0 Å². The van der Waals surface area contributed by atoms with E-state index in [0.717, 1.165) is 5.56 Å². The lowest BCUT2D eigenvalue weighted by atomic mass is 9.82. The molecule has 0 spiro atoms. The van der Waals surface area contributed by atoms with Crippen molar-refractivity contribution in [3.63, 3.8) is 0 Å². The zero-order valence-corrected chi connectivity index (χ0v) is 20.1. The first-order valence-electron chi connectivity index (χ1n) is 10.3. The van der Waals surface area contributed by atoms with Crippen LogP contribution in [0.4, 0.5) is 0 Å². The normalized spacial score (nSPS) is 11.4. The Labute approximate surface area is 190 Å². The summed E-state index contributed by atoms with van der Waals surface area (Å²) in [5.74, 6) is 0.0966. The van der Waals surface area contributed by atoms with Gasteiger partial charge in [-0.25, -0.2) is 0 Å². The lowest BCUT2D eigenvalue weighted by Gasteiger charge is -2.25. The summed E-state index contributed by atoms with van der Waals surface area (Å²) in [5, 5.41) is 0.